The number of nitrogens with zero attached hydrogens (tertiary/aromatic N) is 1. The lowest BCUT2D eigenvalue weighted by molar-refractivity contribution is -0.133. The van der Waals surface area contributed by atoms with Gasteiger partial charge in [0.15, 0.2) is 5.78 Å². The van der Waals surface area contributed by atoms with Crippen molar-refractivity contribution in [1.29, 1.82) is 0 Å². The molecule has 1 aliphatic rings. The highest BCUT2D eigenvalue weighted by Gasteiger charge is 2.43. The Morgan fingerprint density at radius 2 is 2.03 bits per heavy atom. The Kier molecular flexibility index (Phi) is 7.82. The first-order valence-corrected chi connectivity index (χ1v) is 10.5. The number of carbonyl (C=O) groups excluding carboxylic acids is 3. The molecule has 2 atom stereocenters. The molecule has 0 radical (unpaired) electrons. The number of hydrogen-bond acceptors (Lipinski definition) is 5. The van der Waals surface area contributed by atoms with Gasteiger partial charge in [-0.05, 0) is 37.9 Å². The van der Waals surface area contributed by atoms with E-state index < -0.39 is 11.8 Å². The van der Waals surface area contributed by atoms with Crippen molar-refractivity contribution in [2.24, 2.45) is 11.3 Å². The average Bonchev–Trinajstić information content (AvgIpc) is 3.30. The molecule has 3 N–H and O–H groups in total. The molecule has 1 fully saturated rings. The van der Waals surface area contributed by atoms with Gasteiger partial charge < -0.3 is 25.3 Å². The lowest BCUT2D eigenvalue weighted by Gasteiger charge is -2.36. The SMILES string of the molecule is CC(C)C(C)(C)C[C@H](NC(=O)c1cc[nH]c1)C(=O)NC1(CCN(C)C)CC(=O)CO1. The van der Waals surface area contributed by atoms with Crippen LogP contribution in [0.1, 0.15) is 57.3 Å². The monoisotopic (exact) mass is 420 g/mol. The van der Waals surface area contributed by atoms with Gasteiger partial charge in [0.25, 0.3) is 5.91 Å². The summed E-state index contributed by atoms with van der Waals surface area (Å²) in [6.07, 6.45) is 4.35. The van der Waals surface area contributed by atoms with Crippen LogP contribution in [0.25, 0.3) is 0 Å². The van der Waals surface area contributed by atoms with Crippen LogP contribution >= 0.6 is 0 Å². The zero-order valence-corrected chi connectivity index (χ0v) is 19.0. The highest BCUT2D eigenvalue weighted by atomic mass is 16.5. The van der Waals surface area contributed by atoms with Gasteiger partial charge in [0.1, 0.15) is 18.4 Å². The van der Waals surface area contributed by atoms with E-state index in [9.17, 15) is 14.4 Å². The van der Waals surface area contributed by atoms with Crippen molar-refractivity contribution in [3.05, 3.63) is 24.0 Å². The lowest BCUT2D eigenvalue weighted by atomic mass is 9.76. The van der Waals surface area contributed by atoms with Crippen molar-refractivity contribution in [1.82, 2.24) is 20.5 Å². The lowest BCUT2D eigenvalue weighted by Crippen LogP contribution is -2.57. The van der Waals surface area contributed by atoms with Gasteiger partial charge >= 0.3 is 0 Å². The third-order valence-corrected chi connectivity index (χ3v) is 6.08. The molecule has 8 heteroatoms. The van der Waals surface area contributed by atoms with E-state index in [1.54, 1.807) is 18.5 Å². The molecule has 168 valence electrons. The molecule has 1 unspecified atom stereocenters. The van der Waals surface area contributed by atoms with Crippen molar-refractivity contribution < 1.29 is 19.1 Å². The van der Waals surface area contributed by atoms with Crippen molar-refractivity contribution in [3.63, 3.8) is 0 Å². The molecule has 8 nitrogen and oxygen atoms in total. The highest BCUT2D eigenvalue weighted by molar-refractivity contribution is 5.97. The Balaban J connectivity index is 2.21. The Bertz CT molecular complexity index is 742. The molecule has 0 bridgehead atoms. The fraction of sp³-hybridized carbons (Fsp3) is 0.682. The second kappa shape index (κ2) is 9.75. The molecule has 2 rings (SSSR count). The number of nitrogens with one attached hydrogen (secondary N) is 3. The largest absolute Gasteiger partial charge is 0.367 e. The Hall–Kier alpha value is -2.19. The van der Waals surface area contributed by atoms with E-state index in [1.807, 2.05) is 19.0 Å². The number of H-pyrrole nitrogens is 1. The molecule has 1 aromatic heterocycles. The Labute approximate surface area is 179 Å². The fourth-order valence-corrected chi connectivity index (χ4v) is 3.34. The van der Waals surface area contributed by atoms with Gasteiger partial charge in [-0.3, -0.25) is 14.4 Å². The standard InChI is InChI=1S/C22H36N4O4/c1-15(2)21(3,4)12-18(24-19(28)16-7-9-23-13-16)20(29)25-22(8-10-26(5)6)11-17(27)14-30-22/h7,9,13,15,18,23H,8,10-12,14H2,1-6H3,(H,24,28)(H,25,29)/t18-,22?/m0/s1. The van der Waals surface area contributed by atoms with Crippen LogP contribution in [0.3, 0.4) is 0 Å². The first-order chi connectivity index (χ1) is 13.9. The summed E-state index contributed by atoms with van der Waals surface area (Å²) in [5, 5.41) is 5.83. The normalized spacial score (nSPS) is 20.6. The van der Waals surface area contributed by atoms with Crippen LogP contribution in [0, 0.1) is 11.3 Å². The van der Waals surface area contributed by atoms with Crippen LogP contribution < -0.4 is 10.6 Å². The summed E-state index contributed by atoms with van der Waals surface area (Å²) in [5.41, 5.74) is -0.751. The molecule has 0 spiro atoms. The van der Waals surface area contributed by atoms with Crippen LogP contribution in [0.15, 0.2) is 18.5 Å². The van der Waals surface area contributed by atoms with Gasteiger partial charge in [-0.2, -0.15) is 0 Å². The summed E-state index contributed by atoms with van der Waals surface area (Å²) in [6, 6.07) is 0.912. The zero-order chi connectivity index (χ0) is 22.5. The zero-order valence-electron chi connectivity index (χ0n) is 19.0. The average molecular weight is 421 g/mol. The van der Waals surface area contributed by atoms with Crippen LogP contribution in [-0.2, 0) is 14.3 Å². The summed E-state index contributed by atoms with van der Waals surface area (Å²) in [5.74, 6) is -0.378. The summed E-state index contributed by atoms with van der Waals surface area (Å²) in [6.45, 7) is 9.01. The van der Waals surface area contributed by atoms with Crippen molar-refractivity contribution >= 4 is 17.6 Å². The van der Waals surface area contributed by atoms with E-state index in [-0.39, 0.29) is 36.0 Å². The molecule has 2 heterocycles. The third kappa shape index (κ3) is 6.40. The molecule has 1 saturated heterocycles. The molecule has 0 saturated carbocycles. The van der Waals surface area contributed by atoms with Gasteiger partial charge in [0.05, 0.1) is 12.0 Å². The second-order valence-corrected chi connectivity index (χ2v) is 9.51. The van der Waals surface area contributed by atoms with Gasteiger partial charge in [0.2, 0.25) is 5.91 Å². The number of aromatic amines is 1. The maximum atomic E-state index is 13.3. The maximum Gasteiger partial charge on any atom is 0.253 e. The molecule has 2 amide bonds. The summed E-state index contributed by atoms with van der Waals surface area (Å²) in [4.78, 5) is 42.8. The Morgan fingerprint density at radius 1 is 1.33 bits per heavy atom. The van der Waals surface area contributed by atoms with Gasteiger partial charge in [-0.25, -0.2) is 0 Å². The van der Waals surface area contributed by atoms with Crippen LogP contribution in [0.2, 0.25) is 0 Å². The number of ether oxygens (including phenoxy) is 1. The van der Waals surface area contributed by atoms with E-state index in [4.69, 9.17) is 4.74 Å². The van der Waals surface area contributed by atoms with Gasteiger partial charge in [0, 0.05) is 25.4 Å². The van der Waals surface area contributed by atoms with Gasteiger partial charge in [-0.15, -0.1) is 0 Å². The number of rotatable bonds is 10. The number of hydrogen-bond donors (Lipinski definition) is 3. The summed E-state index contributed by atoms with van der Waals surface area (Å²) >= 11 is 0. The number of Topliss-reactive ketones (excluding diaryl/α,β-unsaturated/α-hetero) is 1. The van der Waals surface area contributed by atoms with E-state index in [0.717, 1.165) is 0 Å². The van der Waals surface area contributed by atoms with Crippen LogP contribution in [0.4, 0.5) is 0 Å². The minimum Gasteiger partial charge on any atom is -0.367 e. The molecular formula is C22H36N4O4. The second-order valence-electron chi connectivity index (χ2n) is 9.51. The number of carbonyl (C=O) groups is 3. The maximum absolute atomic E-state index is 13.3. The van der Waals surface area contributed by atoms with Crippen molar-refractivity contribution in [2.75, 3.05) is 27.2 Å². The first kappa shape index (κ1) is 24.1. The van der Waals surface area contributed by atoms with Crippen molar-refractivity contribution in [2.45, 2.75) is 58.7 Å². The molecule has 0 aromatic carbocycles. The summed E-state index contributed by atoms with van der Waals surface area (Å²) in [7, 11) is 3.86. The van der Waals surface area contributed by atoms with Crippen molar-refractivity contribution in [3.8, 4) is 0 Å². The quantitative estimate of drug-likeness (QED) is 0.537. The van der Waals surface area contributed by atoms with Crippen LogP contribution in [0.5, 0.6) is 0 Å². The van der Waals surface area contributed by atoms with Crippen LogP contribution in [-0.4, -0.2) is 66.5 Å². The molecule has 30 heavy (non-hydrogen) atoms. The number of amides is 2. The van der Waals surface area contributed by atoms with E-state index in [0.29, 0.717) is 30.9 Å². The Morgan fingerprint density at radius 3 is 2.53 bits per heavy atom. The first-order valence-electron chi connectivity index (χ1n) is 10.5. The molecular weight excluding hydrogens is 384 g/mol. The van der Waals surface area contributed by atoms with E-state index in [1.165, 1.54) is 0 Å². The van der Waals surface area contributed by atoms with E-state index >= 15 is 0 Å². The number of aromatic nitrogens is 1. The minimum absolute atomic E-state index is 0.00836. The molecule has 1 aliphatic heterocycles. The smallest absolute Gasteiger partial charge is 0.253 e. The third-order valence-electron chi connectivity index (χ3n) is 6.08. The summed E-state index contributed by atoms with van der Waals surface area (Å²) < 4.78 is 5.75. The topological polar surface area (TPSA) is 104 Å². The minimum atomic E-state index is -1.03. The molecule has 1 aromatic rings. The number of ketones is 1. The molecule has 0 aliphatic carbocycles. The predicted octanol–water partition coefficient (Wildman–Crippen LogP) is 1.94. The van der Waals surface area contributed by atoms with E-state index in [2.05, 4.69) is 43.3 Å². The fourth-order valence-electron chi connectivity index (χ4n) is 3.34. The highest BCUT2D eigenvalue weighted by Crippen LogP contribution is 2.32. The van der Waals surface area contributed by atoms with Gasteiger partial charge in [-0.1, -0.05) is 27.7 Å². The predicted molar refractivity (Wildman–Crippen MR) is 115 cm³/mol.